The van der Waals surface area contributed by atoms with Gasteiger partial charge >= 0.3 is 5.97 Å². The molecule has 4 heteroatoms. The number of carbonyl (C=O) groups excluding carboxylic acids is 1. The molecule has 0 aromatic heterocycles. The van der Waals surface area contributed by atoms with E-state index >= 15 is 0 Å². The monoisotopic (exact) mass is 291 g/mol. The van der Waals surface area contributed by atoms with Crippen molar-refractivity contribution in [1.29, 1.82) is 0 Å². The van der Waals surface area contributed by atoms with Crippen LogP contribution in [-0.4, -0.2) is 28.9 Å². The lowest BCUT2D eigenvalue weighted by molar-refractivity contribution is -0.131. The molecule has 1 aromatic rings. The van der Waals surface area contributed by atoms with Crippen LogP contribution in [0, 0.1) is 11.8 Å². The van der Waals surface area contributed by atoms with Crippen LogP contribution in [0.25, 0.3) is 0 Å². The molecular formula is C17H25NO3. The quantitative estimate of drug-likeness (QED) is 0.837. The number of hydrogen-bond donors (Lipinski definition) is 1. The Morgan fingerprint density at radius 3 is 2.19 bits per heavy atom. The van der Waals surface area contributed by atoms with Gasteiger partial charge in [0, 0.05) is 20.0 Å². The lowest BCUT2D eigenvalue weighted by Gasteiger charge is -2.23. The third-order valence-electron chi connectivity index (χ3n) is 3.95. The van der Waals surface area contributed by atoms with Crippen LogP contribution in [0.4, 0.5) is 0 Å². The lowest BCUT2D eigenvalue weighted by Crippen LogP contribution is -2.29. The molecule has 1 amide bonds. The van der Waals surface area contributed by atoms with Gasteiger partial charge in [0.1, 0.15) is 0 Å². The van der Waals surface area contributed by atoms with Crippen molar-refractivity contribution in [3.63, 3.8) is 0 Å². The summed E-state index contributed by atoms with van der Waals surface area (Å²) in [4.78, 5) is 24.7. The van der Waals surface area contributed by atoms with Gasteiger partial charge in [-0.2, -0.15) is 0 Å². The number of benzene rings is 1. The van der Waals surface area contributed by atoms with Crippen LogP contribution in [0.15, 0.2) is 24.3 Å². The summed E-state index contributed by atoms with van der Waals surface area (Å²) in [5, 5.41) is 8.86. The molecule has 1 N–H and O–H groups in total. The smallest absolute Gasteiger partial charge is 0.335 e. The van der Waals surface area contributed by atoms with Gasteiger partial charge in [-0.25, -0.2) is 4.79 Å². The summed E-state index contributed by atoms with van der Waals surface area (Å²) in [7, 11) is 1.79. The Hall–Kier alpha value is -1.84. The van der Waals surface area contributed by atoms with Crippen LogP contribution in [0.2, 0.25) is 0 Å². The SMILES string of the molecule is CCC(CC(=O)N(C)Cc1ccc(C(=O)O)cc1)C(C)C. The van der Waals surface area contributed by atoms with E-state index in [1.807, 2.05) is 0 Å². The highest BCUT2D eigenvalue weighted by Gasteiger charge is 2.18. The van der Waals surface area contributed by atoms with Crippen molar-refractivity contribution in [2.24, 2.45) is 11.8 Å². The Morgan fingerprint density at radius 2 is 1.76 bits per heavy atom. The van der Waals surface area contributed by atoms with Gasteiger partial charge in [0.25, 0.3) is 0 Å². The molecular weight excluding hydrogens is 266 g/mol. The first-order valence-corrected chi connectivity index (χ1v) is 7.41. The molecule has 1 unspecified atom stereocenters. The standard InChI is InChI=1S/C17H25NO3/c1-5-14(12(2)3)10-16(19)18(4)11-13-6-8-15(9-7-13)17(20)21/h6-9,12,14H,5,10-11H2,1-4H3,(H,20,21). The van der Waals surface area contributed by atoms with Gasteiger partial charge in [0.05, 0.1) is 5.56 Å². The number of carboxylic acid groups (broad SMARTS) is 1. The number of carboxylic acids is 1. The summed E-state index contributed by atoms with van der Waals surface area (Å²) >= 11 is 0. The zero-order valence-corrected chi connectivity index (χ0v) is 13.3. The van der Waals surface area contributed by atoms with E-state index in [0.29, 0.717) is 24.8 Å². The molecule has 1 aromatic carbocycles. The van der Waals surface area contributed by atoms with Gasteiger partial charge in [-0.15, -0.1) is 0 Å². The first kappa shape index (κ1) is 17.2. The molecule has 0 bridgehead atoms. The van der Waals surface area contributed by atoms with Crippen LogP contribution in [0.1, 0.15) is 49.5 Å². The van der Waals surface area contributed by atoms with E-state index in [9.17, 15) is 9.59 Å². The fourth-order valence-electron chi connectivity index (χ4n) is 2.35. The van der Waals surface area contributed by atoms with Crippen LogP contribution in [0.3, 0.4) is 0 Å². The molecule has 0 radical (unpaired) electrons. The summed E-state index contributed by atoms with van der Waals surface area (Å²) in [6.45, 7) is 6.91. The van der Waals surface area contributed by atoms with Crippen molar-refractivity contribution < 1.29 is 14.7 Å². The fraction of sp³-hybridized carbons (Fsp3) is 0.529. The predicted octanol–water partition coefficient (Wildman–Crippen LogP) is 3.42. The second-order valence-corrected chi connectivity index (χ2v) is 5.87. The minimum Gasteiger partial charge on any atom is -0.478 e. The fourth-order valence-corrected chi connectivity index (χ4v) is 2.35. The highest BCUT2D eigenvalue weighted by atomic mass is 16.4. The van der Waals surface area contributed by atoms with Gasteiger partial charge in [0.2, 0.25) is 5.91 Å². The zero-order chi connectivity index (χ0) is 16.0. The molecule has 0 fully saturated rings. The van der Waals surface area contributed by atoms with E-state index in [4.69, 9.17) is 5.11 Å². The van der Waals surface area contributed by atoms with Crippen molar-refractivity contribution in [2.45, 2.75) is 40.2 Å². The number of hydrogen-bond acceptors (Lipinski definition) is 2. The van der Waals surface area contributed by atoms with E-state index in [2.05, 4.69) is 20.8 Å². The first-order valence-electron chi connectivity index (χ1n) is 7.41. The van der Waals surface area contributed by atoms with E-state index in [1.54, 1.807) is 36.2 Å². The van der Waals surface area contributed by atoms with E-state index in [1.165, 1.54) is 0 Å². The maximum Gasteiger partial charge on any atom is 0.335 e. The van der Waals surface area contributed by atoms with E-state index in [-0.39, 0.29) is 11.5 Å². The minimum atomic E-state index is -0.936. The third kappa shape index (κ3) is 5.21. The highest BCUT2D eigenvalue weighted by Crippen LogP contribution is 2.20. The van der Waals surface area contributed by atoms with Crippen LogP contribution in [0.5, 0.6) is 0 Å². The molecule has 4 nitrogen and oxygen atoms in total. The maximum absolute atomic E-state index is 12.2. The maximum atomic E-state index is 12.2. The average molecular weight is 291 g/mol. The molecule has 0 heterocycles. The summed E-state index contributed by atoms with van der Waals surface area (Å²) in [5.74, 6) is 0.114. The van der Waals surface area contributed by atoms with Gasteiger partial charge < -0.3 is 10.0 Å². The second-order valence-electron chi connectivity index (χ2n) is 5.87. The number of rotatable bonds is 7. The number of aromatic carboxylic acids is 1. The molecule has 0 saturated heterocycles. The zero-order valence-electron chi connectivity index (χ0n) is 13.3. The van der Waals surface area contributed by atoms with Crippen molar-refractivity contribution in [2.75, 3.05) is 7.05 Å². The Balaban J connectivity index is 2.61. The molecule has 0 spiro atoms. The Labute approximate surface area is 126 Å². The third-order valence-corrected chi connectivity index (χ3v) is 3.95. The van der Waals surface area contributed by atoms with E-state index < -0.39 is 5.97 Å². The van der Waals surface area contributed by atoms with Crippen molar-refractivity contribution in [3.8, 4) is 0 Å². The molecule has 0 aliphatic carbocycles. The van der Waals surface area contributed by atoms with Crippen LogP contribution < -0.4 is 0 Å². The second kappa shape index (κ2) is 7.81. The molecule has 0 aliphatic rings. The summed E-state index contributed by atoms with van der Waals surface area (Å²) in [5.41, 5.74) is 1.20. The van der Waals surface area contributed by atoms with Crippen molar-refractivity contribution in [1.82, 2.24) is 4.90 Å². The molecule has 116 valence electrons. The molecule has 1 rings (SSSR count). The number of amides is 1. The molecule has 21 heavy (non-hydrogen) atoms. The van der Waals surface area contributed by atoms with Crippen molar-refractivity contribution in [3.05, 3.63) is 35.4 Å². The van der Waals surface area contributed by atoms with Crippen LogP contribution in [-0.2, 0) is 11.3 Å². The summed E-state index contributed by atoms with van der Waals surface area (Å²) in [6, 6.07) is 6.65. The number of nitrogens with zero attached hydrogens (tertiary/aromatic N) is 1. The van der Waals surface area contributed by atoms with Crippen molar-refractivity contribution >= 4 is 11.9 Å². The first-order chi connectivity index (χ1) is 9.85. The Kier molecular flexibility index (Phi) is 6.40. The van der Waals surface area contributed by atoms with Gasteiger partial charge in [-0.05, 0) is 29.5 Å². The highest BCUT2D eigenvalue weighted by molar-refractivity contribution is 5.87. The lowest BCUT2D eigenvalue weighted by atomic mass is 9.90. The van der Waals surface area contributed by atoms with Gasteiger partial charge in [-0.1, -0.05) is 39.3 Å². The minimum absolute atomic E-state index is 0.137. The Morgan fingerprint density at radius 1 is 1.19 bits per heavy atom. The molecule has 0 aliphatic heterocycles. The van der Waals surface area contributed by atoms with E-state index in [0.717, 1.165) is 12.0 Å². The van der Waals surface area contributed by atoms with Gasteiger partial charge in [-0.3, -0.25) is 4.79 Å². The normalized spacial score (nSPS) is 12.2. The topological polar surface area (TPSA) is 57.6 Å². The summed E-state index contributed by atoms with van der Waals surface area (Å²) < 4.78 is 0. The molecule has 0 saturated carbocycles. The predicted molar refractivity (Wildman–Crippen MR) is 83.1 cm³/mol. The summed E-state index contributed by atoms with van der Waals surface area (Å²) in [6.07, 6.45) is 1.57. The van der Waals surface area contributed by atoms with Gasteiger partial charge in [0.15, 0.2) is 0 Å². The number of carbonyl (C=O) groups is 2. The average Bonchev–Trinajstić information content (AvgIpc) is 2.44. The molecule has 1 atom stereocenters. The Bertz CT molecular complexity index is 479. The largest absolute Gasteiger partial charge is 0.478 e. The van der Waals surface area contributed by atoms with Crippen LogP contribution >= 0.6 is 0 Å².